The van der Waals surface area contributed by atoms with Crippen LogP contribution in [0.15, 0.2) is 174 Å². The number of benzene rings is 2. The highest BCUT2D eigenvalue weighted by Crippen LogP contribution is 2.54. The van der Waals surface area contributed by atoms with Gasteiger partial charge in [0.05, 0.1) is 18.1 Å². The Labute approximate surface area is 323 Å². The molecule has 1 fully saturated rings. The number of fused-ring (bicyclic) bond motifs is 8. The lowest BCUT2D eigenvalue weighted by Gasteiger charge is -2.43. The van der Waals surface area contributed by atoms with Crippen molar-refractivity contribution < 1.29 is 0 Å². The van der Waals surface area contributed by atoms with Crippen molar-refractivity contribution in [3.63, 3.8) is 0 Å². The Balaban J connectivity index is 0.967. The number of para-hydroxylation sites is 1. The lowest BCUT2D eigenvalue weighted by molar-refractivity contribution is 0.165. The summed E-state index contributed by atoms with van der Waals surface area (Å²) in [4.78, 5) is 15.0. The van der Waals surface area contributed by atoms with Crippen LogP contribution in [0.2, 0.25) is 0 Å². The van der Waals surface area contributed by atoms with Crippen molar-refractivity contribution in [3.05, 3.63) is 191 Å². The minimum absolute atomic E-state index is 0.0539. The molecule has 2 aromatic carbocycles. The summed E-state index contributed by atoms with van der Waals surface area (Å²) in [7, 11) is 2.19. The van der Waals surface area contributed by atoms with Crippen LogP contribution in [0.1, 0.15) is 66.2 Å². The number of amidine groups is 1. The number of hydrogen-bond donors (Lipinski definition) is 1. The largest absolute Gasteiger partial charge is 0.361 e. The lowest BCUT2D eigenvalue weighted by Crippen LogP contribution is -2.51. The van der Waals surface area contributed by atoms with Crippen LogP contribution in [0.3, 0.4) is 0 Å². The van der Waals surface area contributed by atoms with Gasteiger partial charge < -0.3 is 14.8 Å². The molecule has 0 amide bonds. The van der Waals surface area contributed by atoms with E-state index in [9.17, 15) is 0 Å². The van der Waals surface area contributed by atoms with E-state index in [2.05, 4.69) is 171 Å². The zero-order valence-electron chi connectivity index (χ0n) is 31.2. The van der Waals surface area contributed by atoms with E-state index in [0.29, 0.717) is 29.8 Å². The van der Waals surface area contributed by atoms with Crippen LogP contribution in [-0.4, -0.2) is 50.5 Å². The van der Waals surface area contributed by atoms with E-state index < -0.39 is 0 Å². The molecule has 1 N–H and O–H groups in total. The van der Waals surface area contributed by atoms with Crippen molar-refractivity contribution in [1.82, 2.24) is 24.7 Å². The monoisotopic (exact) mass is 718 g/mol. The summed E-state index contributed by atoms with van der Waals surface area (Å²) >= 11 is 0. The maximum atomic E-state index is 5.44. The average Bonchev–Trinajstić information content (AvgIpc) is 3.77. The van der Waals surface area contributed by atoms with Crippen LogP contribution in [-0.2, 0) is 0 Å². The molecule has 1 saturated heterocycles. The van der Waals surface area contributed by atoms with Crippen molar-refractivity contribution in [2.45, 2.75) is 62.1 Å². The fourth-order valence-electron chi connectivity index (χ4n) is 10.8. The van der Waals surface area contributed by atoms with E-state index in [1.165, 1.54) is 39.0 Å². The molecule has 7 aliphatic rings. The summed E-state index contributed by atoms with van der Waals surface area (Å²) < 4.78 is 2.69. The second-order valence-electron chi connectivity index (χ2n) is 16.0. The number of allylic oxidation sites excluding steroid dienone is 11. The van der Waals surface area contributed by atoms with Gasteiger partial charge in [0.1, 0.15) is 18.2 Å². The summed E-state index contributed by atoms with van der Waals surface area (Å²) in [6.45, 7) is 0. The third kappa shape index (κ3) is 5.25. The Bertz CT molecular complexity index is 2440. The first-order chi connectivity index (χ1) is 27.2. The van der Waals surface area contributed by atoms with Crippen LogP contribution in [0.5, 0.6) is 0 Å². The second kappa shape index (κ2) is 13.2. The molecule has 0 bridgehead atoms. The maximum Gasteiger partial charge on any atom is 0.131 e. The van der Waals surface area contributed by atoms with Gasteiger partial charge in [-0.15, -0.1) is 0 Å². The van der Waals surface area contributed by atoms with E-state index >= 15 is 0 Å². The Morgan fingerprint density at radius 2 is 1.71 bits per heavy atom. The third-order valence-corrected chi connectivity index (χ3v) is 13.2. The molecule has 0 radical (unpaired) electrons. The molecule has 6 heteroatoms. The third-order valence-electron chi connectivity index (χ3n) is 13.2. The summed E-state index contributed by atoms with van der Waals surface area (Å²) in [5.41, 5.74) is 10.8. The van der Waals surface area contributed by atoms with Gasteiger partial charge in [0.25, 0.3) is 0 Å². The van der Waals surface area contributed by atoms with Crippen molar-refractivity contribution in [1.29, 1.82) is 0 Å². The standard InChI is InChI=1S/C49H46N6/c1-53-48(34-17-13-29-50-31-34)51-47(32-14-4-2-5-15-32)52-49(53)38-22-12-16-33-30-36(25-26-37(33)38)55-42-24-11-9-21-40(42)46-44(55)28-27-43-45(46)39-20-8-10-23-41(39)54(43)35-18-6-3-7-19-35/h2-6,8-18,20-24,27-31,36-37,39,41,43,45,48-49H,7,19,25-26H2,1H3,(H,51,52). The van der Waals surface area contributed by atoms with Gasteiger partial charge in [-0.05, 0) is 73.7 Å². The molecule has 55 heavy (non-hydrogen) atoms. The van der Waals surface area contributed by atoms with Gasteiger partial charge in [-0.3, -0.25) is 9.88 Å². The lowest BCUT2D eigenvalue weighted by atomic mass is 9.76. The van der Waals surface area contributed by atoms with Crippen LogP contribution in [0.25, 0.3) is 17.0 Å². The second-order valence-corrected chi connectivity index (χ2v) is 16.0. The number of nitrogens with zero attached hydrogens (tertiary/aromatic N) is 5. The molecule has 8 unspecified atom stereocenters. The first-order valence-electron chi connectivity index (χ1n) is 20.1. The fourth-order valence-corrected chi connectivity index (χ4v) is 10.8. The van der Waals surface area contributed by atoms with Gasteiger partial charge in [-0.25, -0.2) is 4.99 Å². The van der Waals surface area contributed by atoms with Crippen molar-refractivity contribution >= 4 is 22.8 Å². The SMILES string of the molecule is CN1C(C2=CC=CC3=CC(n4c5c(c6ccccc64)C4C6C=CC=CC6N(C6=CC=CCC6)C4C=C5)CCC32)N=C(c2ccccc2)NC1c1cccnc1. The molecular formula is C49H46N6. The Kier molecular flexibility index (Phi) is 7.87. The fraction of sp³-hybridized carbons (Fsp3) is 0.265. The molecule has 4 aromatic rings. The highest BCUT2D eigenvalue weighted by Gasteiger charge is 2.50. The van der Waals surface area contributed by atoms with Crippen LogP contribution in [0, 0.1) is 11.8 Å². The summed E-state index contributed by atoms with van der Waals surface area (Å²) in [5, 5.41) is 5.17. The molecule has 6 nitrogen and oxygen atoms in total. The molecule has 11 rings (SSSR count). The van der Waals surface area contributed by atoms with Gasteiger partial charge in [0, 0.05) is 63.6 Å². The zero-order valence-corrected chi connectivity index (χ0v) is 31.2. The molecule has 2 aromatic heterocycles. The number of pyridine rings is 1. The number of rotatable bonds is 5. The average molecular weight is 719 g/mol. The van der Waals surface area contributed by atoms with Crippen LogP contribution < -0.4 is 5.32 Å². The number of nitrogens with one attached hydrogen (secondary N) is 1. The van der Waals surface area contributed by atoms with E-state index in [4.69, 9.17) is 4.99 Å². The number of likely N-dealkylation sites (tertiary alicyclic amines) is 1. The highest BCUT2D eigenvalue weighted by atomic mass is 15.4. The van der Waals surface area contributed by atoms with Crippen molar-refractivity contribution in [3.8, 4) is 0 Å². The minimum atomic E-state index is -0.109. The molecule has 0 spiro atoms. The molecule has 4 heterocycles. The molecule has 5 aliphatic carbocycles. The summed E-state index contributed by atoms with van der Waals surface area (Å²) in [6, 6.07) is 24.9. The maximum absolute atomic E-state index is 5.44. The predicted molar refractivity (Wildman–Crippen MR) is 223 cm³/mol. The first kappa shape index (κ1) is 32.7. The van der Waals surface area contributed by atoms with Gasteiger partial charge in [-0.2, -0.15) is 0 Å². The Morgan fingerprint density at radius 3 is 2.58 bits per heavy atom. The number of aromatic nitrogens is 2. The number of likely N-dealkylation sites (N-methyl/N-ethyl adjacent to an activating group) is 1. The number of hydrogen-bond acceptors (Lipinski definition) is 5. The quantitative estimate of drug-likeness (QED) is 0.223. The van der Waals surface area contributed by atoms with E-state index in [0.717, 1.165) is 42.6 Å². The highest BCUT2D eigenvalue weighted by molar-refractivity contribution is 5.99. The van der Waals surface area contributed by atoms with Gasteiger partial charge in [0.15, 0.2) is 0 Å². The molecule has 8 atom stereocenters. The molecule has 2 aliphatic heterocycles. The molecule has 272 valence electrons. The first-order valence-corrected chi connectivity index (χ1v) is 20.1. The normalized spacial score (nSPS) is 30.5. The van der Waals surface area contributed by atoms with E-state index in [1.54, 1.807) is 0 Å². The number of aliphatic imine (C=N–C) groups is 1. The minimum Gasteiger partial charge on any atom is -0.361 e. The van der Waals surface area contributed by atoms with Gasteiger partial charge >= 0.3 is 0 Å². The Hall–Kier alpha value is -5.72. The van der Waals surface area contributed by atoms with E-state index in [1.807, 2.05) is 18.5 Å². The van der Waals surface area contributed by atoms with Crippen molar-refractivity contribution in [2.75, 3.05) is 7.05 Å². The van der Waals surface area contributed by atoms with Crippen LogP contribution in [0.4, 0.5) is 0 Å². The smallest absolute Gasteiger partial charge is 0.131 e. The van der Waals surface area contributed by atoms with E-state index in [-0.39, 0.29) is 18.4 Å². The molecular weight excluding hydrogens is 673 g/mol. The van der Waals surface area contributed by atoms with Gasteiger partial charge in [-0.1, -0.05) is 121 Å². The van der Waals surface area contributed by atoms with Crippen molar-refractivity contribution in [2.24, 2.45) is 16.8 Å². The predicted octanol–water partition coefficient (Wildman–Crippen LogP) is 9.56. The topological polar surface area (TPSA) is 48.7 Å². The van der Waals surface area contributed by atoms with Crippen LogP contribution >= 0.6 is 0 Å². The summed E-state index contributed by atoms with van der Waals surface area (Å²) in [6.07, 6.45) is 39.0. The zero-order chi connectivity index (χ0) is 36.5. The molecule has 0 saturated carbocycles. The van der Waals surface area contributed by atoms with Gasteiger partial charge in [0.2, 0.25) is 0 Å². The Morgan fingerprint density at radius 1 is 0.818 bits per heavy atom. The summed E-state index contributed by atoms with van der Waals surface area (Å²) in [5.74, 6) is 2.07.